The molecule has 0 bridgehead atoms. The summed E-state index contributed by atoms with van der Waals surface area (Å²) in [6.45, 7) is 5.28. The fourth-order valence-electron chi connectivity index (χ4n) is 0.107. The Labute approximate surface area is 43.5 Å². The number of hydrogen-bond acceptors (Lipinski definition) is 2. The van der Waals surface area contributed by atoms with E-state index >= 15 is 0 Å². The van der Waals surface area contributed by atoms with Gasteiger partial charge in [0.2, 0.25) is 0 Å². The van der Waals surface area contributed by atoms with Crippen molar-refractivity contribution in [3.05, 3.63) is 12.3 Å². The summed E-state index contributed by atoms with van der Waals surface area (Å²) in [7, 11) is 0. The molecule has 0 aromatic rings. The normalized spacial score (nSPS) is 12.7. The third kappa shape index (κ3) is 1.98. The first-order valence-electron chi connectivity index (χ1n) is 2.13. The SMILES string of the molecule is C=C(N)[C@@H](C)C=N. The largest absolute Gasteiger partial charge is 0.402 e. The summed E-state index contributed by atoms with van der Waals surface area (Å²) < 4.78 is 0. The second kappa shape index (κ2) is 2.39. The second-order valence-electron chi connectivity index (χ2n) is 1.53. The fraction of sp³-hybridized carbons (Fsp3) is 0.400. The van der Waals surface area contributed by atoms with Crippen LogP contribution in [-0.4, -0.2) is 6.21 Å². The van der Waals surface area contributed by atoms with Crippen molar-refractivity contribution in [1.29, 1.82) is 5.41 Å². The monoisotopic (exact) mass is 98.1 g/mol. The third-order valence-corrected chi connectivity index (χ3v) is 0.835. The van der Waals surface area contributed by atoms with E-state index in [1.54, 1.807) is 0 Å². The Balaban J connectivity index is 3.55. The van der Waals surface area contributed by atoms with Crippen LogP contribution in [0.25, 0.3) is 0 Å². The zero-order valence-corrected chi connectivity index (χ0v) is 4.44. The lowest BCUT2D eigenvalue weighted by molar-refractivity contribution is 0.916. The van der Waals surface area contributed by atoms with Crippen molar-refractivity contribution in [2.24, 2.45) is 11.7 Å². The third-order valence-electron chi connectivity index (χ3n) is 0.835. The molecule has 0 saturated carbocycles. The molecule has 0 unspecified atom stereocenters. The van der Waals surface area contributed by atoms with Gasteiger partial charge in [-0.3, -0.25) is 0 Å². The molecular formula is C5H10N2. The van der Waals surface area contributed by atoms with E-state index in [-0.39, 0.29) is 5.92 Å². The Hall–Kier alpha value is -0.790. The molecule has 0 amide bonds. The van der Waals surface area contributed by atoms with Crippen LogP contribution in [0.3, 0.4) is 0 Å². The van der Waals surface area contributed by atoms with Crippen LogP contribution in [0.15, 0.2) is 12.3 Å². The minimum Gasteiger partial charge on any atom is -0.402 e. The summed E-state index contributed by atoms with van der Waals surface area (Å²) in [4.78, 5) is 0. The highest BCUT2D eigenvalue weighted by atomic mass is 14.6. The van der Waals surface area contributed by atoms with Gasteiger partial charge in [0.05, 0.1) is 0 Å². The highest BCUT2D eigenvalue weighted by molar-refractivity contribution is 5.60. The Morgan fingerprint density at radius 1 is 2.00 bits per heavy atom. The second-order valence-corrected chi connectivity index (χ2v) is 1.53. The highest BCUT2D eigenvalue weighted by Gasteiger charge is 1.93. The summed E-state index contributed by atoms with van der Waals surface area (Å²) in [5, 5.41) is 6.67. The van der Waals surface area contributed by atoms with Crippen LogP contribution in [0.4, 0.5) is 0 Å². The molecule has 0 aromatic heterocycles. The van der Waals surface area contributed by atoms with Gasteiger partial charge in [-0.15, -0.1) is 0 Å². The van der Waals surface area contributed by atoms with Crippen molar-refractivity contribution >= 4 is 6.21 Å². The number of nitrogens with two attached hydrogens (primary N) is 1. The smallest absolute Gasteiger partial charge is 0.0297 e. The number of hydrogen-bond donors (Lipinski definition) is 2. The summed E-state index contributed by atoms with van der Waals surface area (Å²) in [6, 6.07) is 0. The number of nitrogens with one attached hydrogen (secondary N) is 1. The van der Waals surface area contributed by atoms with Gasteiger partial charge in [-0.05, 0) is 0 Å². The van der Waals surface area contributed by atoms with Gasteiger partial charge in [0.1, 0.15) is 0 Å². The van der Waals surface area contributed by atoms with Crippen LogP contribution in [0.1, 0.15) is 6.92 Å². The first-order valence-corrected chi connectivity index (χ1v) is 2.13. The van der Waals surface area contributed by atoms with E-state index in [9.17, 15) is 0 Å². The fourth-order valence-corrected chi connectivity index (χ4v) is 0.107. The van der Waals surface area contributed by atoms with E-state index in [1.807, 2.05) is 6.92 Å². The maximum atomic E-state index is 6.67. The van der Waals surface area contributed by atoms with Crippen LogP contribution < -0.4 is 5.73 Å². The lowest BCUT2D eigenvalue weighted by Crippen LogP contribution is -2.06. The topological polar surface area (TPSA) is 49.9 Å². The van der Waals surface area contributed by atoms with Crippen LogP contribution in [-0.2, 0) is 0 Å². The molecule has 3 N–H and O–H groups in total. The molecule has 0 spiro atoms. The molecule has 0 aliphatic rings. The molecule has 0 rings (SSSR count). The molecule has 7 heavy (non-hydrogen) atoms. The number of rotatable bonds is 2. The lowest BCUT2D eigenvalue weighted by atomic mass is 10.1. The summed E-state index contributed by atoms with van der Waals surface area (Å²) >= 11 is 0. The first kappa shape index (κ1) is 6.21. The molecule has 1 atom stereocenters. The molecule has 0 fully saturated rings. The minimum atomic E-state index is 0.0278. The summed E-state index contributed by atoms with van der Waals surface area (Å²) in [6.07, 6.45) is 1.27. The molecule has 2 nitrogen and oxygen atoms in total. The zero-order valence-electron chi connectivity index (χ0n) is 4.44. The molecule has 0 saturated heterocycles. The maximum Gasteiger partial charge on any atom is 0.0297 e. The molecule has 0 heterocycles. The number of allylic oxidation sites excluding steroid dienone is 1. The molecule has 0 radical (unpaired) electrons. The van der Waals surface area contributed by atoms with Crippen molar-refractivity contribution in [1.82, 2.24) is 0 Å². The molecule has 0 aromatic carbocycles. The highest BCUT2D eigenvalue weighted by Crippen LogP contribution is 1.94. The molecule has 0 aliphatic heterocycles. The van der Waals surface area contributed by atoms with Crippen LogP contribution in [0, 0.1) is 11.3 Å². The van der Waals surface area contributed by atoms with Crippen LogP contribution >= 0.6 is 0 Å². The Kier molecular flexibility index (Phi) is 2.12. The zero-order chi connectivity index (χ0) is 5.86. The van der Waals surface area contributed by atoms with Crippen molar-refractivity contribution < 1.29 is 0 Å². The Morgan fingerprint density at radius 2 is 2.43 bits per heavy atom. The van der Waals surface area contributed by atoms with Gasteiger partial charge in [-0.1, -0.05) is 13.5 Å². The van der Waals surface area contributed by atoms with E-state index in [4.69, 9.17) is 11.1 Å². The molecule has 0 aliphatic carbocycles. The maximum absolute atomic E-state index is 6.67. The van der Waals surface area contributed by atoms with E-state index in [0.717, 1.165) is 0 Å². The van der Waals surface area contributed by atoms with Crippen molar-refractivity contribution in [2.45, 2.75) is 6.92 Å². The van der Waals surface area contributed by atoms with Gasteiger partial charge in [-0.2, -0.15) is 0 Å². The minimum absolute atomic E-state index is 0.0278. The molecular weight excluding hydrogens is 88.1 g/mol. The van der Waals surface area contributed by atoms with Crippen LogP contribution in [0.5, 0.6) is 0 Å². The van der Waals surface area contributed by atoms with E-state index in [1.165, 1.54) is 6.21 Å². The Morgan fingerprint density at radius 3 is 2.43 bits per heavy atom. The summed E-state index contributed by atoms with van der Waals surface area (Å²) in [5.41, 5.74) is 5.75. The predicted octanol–water partition coefficient (Wildman–Crippen LogP) is 0.744. The predicted molar refractivity (Wildman–Crippen MR) is 31.3 cm³/mol. The van der Waals surface area contributed by atoms with Gasteiger partial charge in [-0.25, -0.2) is 0 Å². The Bertz CT molecular complexity index is 86.1. The van der Waals surface area contributed by atoms with Gasteiger partial charge in [0.15, 0.2) is 0 Å². The van der Waals surface area contributed by atoms with E-state index < -0.39 is 0 Å². The van der Waals surface area contributed by atoms with E-state index in [2.05, 4.69) is 6.58 Å². The van der Waals surface area contributed by atoms with Gasteiger partial charge < -0.3 is 11.1 Å². The van der Waals surface area contributed by atoms with Crippen LogP contribution in [0.2, 0.25) is 0 Å². The average Bonchev–Trinajstić information content (AvgIpc) is 1.65. The first-order chi connectivity index (χ1) is 3.18. The van der Waals surface area contributed by atoms with Crippen molar-refractivity contribution in [3.63, 3.8) is 0 Å². The summed E-state index contributed by atoms with van der Waals surface area (Å²) in [5.74, 6) is 0.0278. The van der Waals surface area contributed by atoms with E-state index in [0.29, 0.717) is 5.70 Å². The van der Waals surface area contributed by atoms with Gasteiger partial charge in [0, 0.05) is 17.8 Å². The van der Waals surface area contributed by atoms with Crippen molar-refractivity contribution in [3.8, 4) is 0 Å². The molecule has 2 heteroatoms. The quantitative estimate of drug-likeness (QED) is 0.492. The lowest BCUT2D eigenvalue weighted by Gasteiger charge is -1.99. The molecule has 40 valence electrons. The van der Waals surface area contributed by atoms with Crippen molar-refractivity contribution in [2.75, 3.05) is 0 Å². The average molecular weight is 98.1 g/mol. The van der Waals surface area contributed by atoms with Gasteiger partial charge in [0.25, 0.3) is 0 Å². The van der Waals surface area contributed by atoms with Gasteiger partial charge >= 0.3 is 0 Å². The standard InChI is InChI=1S/C5H10N2/c1-4(3-6)5(2)7/h3-4,6H,2,7H2,1H3/t4-/m0/s1.